The van der Waals surface area contributed by atoms with Gasteiger partial charge < -0.3 is 10.2 Å². The molecule has 92 valence electrons. The molecule has 1 N–H and O–H groups in total. The molecule has 3 fully saturated rings. The Labute approximate surface area is 99.2 Å². The molecule has 1 unspecified atom stereocenters. The topological polar surface area (TPSA) is 18.5 Å². The number of likely N-dealkylation sites (tertiary alicyclic amines) is 1. The van der Waals surface area contributed by atoms with Gasteiger partial charge in [0.25, 0.3) is 0 Å². The van der Waals surface area contributed by atoms with E-state index < -0.39 is 0 Å². The molecule has 3 aliphatic rings. The third-order valence-electron chi connectivity index (χ3n) is 4.35. The van der Waals surface area contributed by atoms with E-state index in [9.17, 15) is 0 Å². The van der Waals surface area contributed by atoms with Gasteiger partial charge in [0.15, 0.2) is 0 Å². The molecule has 0 aromatic carbocycles. The van der Waals surface area contributed by atoms with Gasteiger partial charge in [-0.1, -0.05) is 0 Å². The van der Waals surface area contributed by atoms with E-state index in [1.807, 2.05) is 0 Å². The molecule has 1 atom stereocenters. The second-order valence-corrected chi connectivity index (χ2v) is 5.88. The molecule has 1 saturated heterocycles. The average molecular weight is 223 g/mol. The highest BCUT2D eigenvalue weighted by Crippen LogP contribution is 2.29. The minimum absolute atomic E-state index is 0.771. The van der Waals surface area contributed by atoms with Gasteiger partial charge >= 0.3 is 0 Å². The fourth-order valence-electron chi connectivity index (χ4n) is 2.87. The molecule has 0 spiro atoms. The Morgan fingerprint density at radius 3 is 2.69 bits per heavy atom. The fourth-order valence-corrected chi connectivity index (χ4v) is 2.87. The molecule has 2 saturated carbocycles. The van der Waals surface area contributed by atoms with Gasteiger partial charge in [0.05, 0.1) is 0 Å². The van der Waals surface area contributed by atoms with Crippen LogP contribution in [0.4, 0.5) is 0 Å². The molecule has 0 aromatic heterocycles. The van der Waals surface area contributed by atoms with Crippen molar-refractivity contribution >= 4 is 0 Å². The summed E-state index contributed by atoms with van der Waals surface area (Å²) in [5, 5.41) is 3.72. The normalized spacial score (nSPS) is 31.5. The largest absolute Gasteiger partial charge is 0.311 e. The van der Waals surface area contributed by atoms with Crippen LogP contribution in [-0.4, -0.2) is 61.2 Å². The fraction of sp³-hybridized carbons (Fsp3) is 1.00. The lowest BCUT2D eigenvalue weighted by atomic mass is 10.2. The first-order valence-corrected chi connectivity index (χ1v) is 7.00. The highest BCUT2D eigenvalue weighted by atomic mass is 15.2. The summed E-state index contributed by atoms with van der Waals surface area (Å²) < 4.78 is 0. The summed E-state index contributed by atoms with van der Waals surface area (Å²) in [6.45, 7) is 5.04. The lowest BCUT2D eigenvalue weighted by Crippen LogP contribution is -2.38. The molecular formula is C13H25N3. The van der Waals surface area contributed by atoms with E-state index in [1.54, 1.807) is 0 Å². The predicted molar refractivity (Wildman–Crippen MR) is 66.7 cm³/mol. The van der Waals surface area contributed by atoms with Gasteiger partial charge in [-0.3, -0.25) is 4.90 Å². The van der Waals surface area contributed by atoms with Crippen molar-refractivity contribution in [3.8, 4) is 0 Å². The Hall–Kier alpha value is -0.120. The van der Waals surface area contributed by atoms with Crippen molar-refractivity contribution in [3.05, 3.63) is 0 Å². The zero-order chi connectivity index (χ0) is 11.0. The zero-order valence-electron chi connectivity index (χ0n) is 10.5. The molecule has 3 heteroatoms. The van der Waals surface area contributed by atoms with Gasteiger partial charge in [0, 0.05) is 44.3 Å². The summed E-state index contributed by atoms with van der Waals surface area (Å²) in [5.74, 6) is 0. The van der Waals surface area contributed by atoms with Crippen molar-refractivity contribution in [1.29, 1.82) is 0 Å². The zero-order valence-corrected chi connectivity index (χ0v) is 10.5. The number of likely N-dealkylation sites (N-methyl/N-ethyl adjacent to an activating group) is 1. The summed E-state index contributed by atoms with van der Waals surface area (Å²) >= 11 is 0. The Balaban J connectivity index is 1.30. The third-order valence-corrected chi connectivity index (χ3v) is 4.35. The molecule has 16 heavy (non-hydrogen) atoms. The molecule has 3 rings (SSSR count). The van der Waals surface area contributed by atoms with E-state index in [2.05, 4.69) is 22.2 Å². The van der Waals surface area contributed by atoms with E-state index in [0.717, 1.165) is 18.1 Å². The maximum atomic E-state index is 3.72. The Kier molecular flexibility index (Phi) is 3.18. The van der Waals surface area contributed by atoms with Crippen LogP contribution in [0.5, 0.6) is 0 Å². The van der Waals surface area contributed by atoms with Crippen molar-refractivity contribution < 1.29 is 0 Å². The molecule has 1 heterocycles. The lowest BCUT2D eigenvalue weighted by Gasteiger charge is -2.19. The predicted octanol–water partition coefficient (Wildman–Crippen LogP) is 0.907. The van der Waals surface area contributed by atoms with Crippen molar-refractivity contribution in [2.75, 3.05) is 33.2 Å². The molecule has 0 bridgehead atoms. The van der Waals surface area contributed by atoms with Crippen LogP contribution in [0.1, 0.15) is 32.1 Å². The van der Waals surface area contributed by atoms with Crippen LogP contribution in [0, 0.1) is 0 Å². The maximum absolute atomic E-state index is 3.72. The van der Waals surface area contributed by atoms with Crippen molar-refractivity contribution in [1.82, 2.24) is 15.1 Å². The molecule has 0 amide bonds. The minimum atomic E-state index is 0.771. The number of nitrogens with zero attached hydrogens (tertiary/aromatic N) is 2. The van der Waals surface area contributed by atoms with Crippen molar-refractivity contribution in [2.45, 2.75) is 50.2 Å². The quantitative estimate of drug-likeness (QED) is 0.722. The highest BCUT2D eigenvalue weighted by Gasteiger charge is 2.34. The van der Waals surface area contributed by atoms with E-state index in [1.165, 1.54) is 58.3 Å². The first kappa shape index (κ1) is 11.0. The van der Waals surface area contributed by atoms with Crippen molar-refractivity contribution in [2.24, 2.45) is 0 Å². The summed E-state index contributed by atoms with van der Waals surface area (Å²) in [7, 11) is 2.27. The van der Waals surface area contributed by atoms with Gasteiger partial charge in [-0.2, -0.15) is 0 Å². The van der Waals surface area contributed by atoms with E-state index in [0.29, 0.717) is 0 Å². The van der Waals surface area contributed by atoms with Gasteiger partial charge in [-0.05, 0) is 39.2 Å². The van der Waals surface area contributed by atoms with Crippen LogP contribution in [0.25, 0.3) is 0 Å². The number of rotatable bonds is 6. The van der Waals surface area contributed by atoms with Crippen LogP contribution >= 0.6 is 0 Å². The van der Waals surface area contributed by atoms with Crippen LogP contribution < -0.4 is 5.32 Å². The summed E-state index contributed by atoms with van der Waals surface area (Å²) in [6, 6.07) is 2.64. The van der Waals surface area contributed by atoms with Gasteiger partial charge in [-0.15, -0.1) is 0 Å². The van der Waals surface area contributed by atoms with Crippen LogP contribution in [0.15, 0.2) is 0 Å². The monoisotopic (exact) mass is 223 g/mol. The molecule has 0 radical (unpaired) electrons. The third kappa shape index (κ3) is 2.76. The SMILES string of the molecule is CN(CCNC1CCN(C2CC2)C1)C1CC1. The van der Waals surface area contributed by atoms with Gasteiger partial charge in [0.2, 0.25) is 0 Å². The smallest absolute Gasteiger partial charge is 0.0207 e. The summed E-state index contributed by atoms with van der Waals surface area (Å²) in [6.07, 6.45) is 7.13. The molecule has 0 aromatic rings. The first-order valence-electron chi connectivity index (χ1n) is 7.00. The van der Waals surface area contributed by atoms with Crippen LogP contribution in [0.3, 0.4) is 0 Å². The highest BCUT2D eigenvalue weighted by molar-refractivity contribution is 4.92. The maximum Gasteiger partial charge on any atom is 0.0207 e. The van der Waals surface area contributed by atoms with Crippen molar-refractivity contribution in [3.63, 3.8) is 0 Å². The Bertz CT molecular complexity index is 235. The van der Waals surface area contributed by atoms with E-state index in [-0.39, 0.29) is 0 Å². The second-order valence-electron chi connectivity index (χ2n) is 5.88. The second kappa shape index (κ2) is 4.63. The van der Waals surface area contributed by atoms with Crippen LogP contribution in [-0.2, 0) is 0 Å². The first-order chi connectivity index (χ1) is 7.83. The summed E-state index contributed by atoms with van der Waals surface area (Å²) in [4.78, 5) is 5.20. The molecule has 3 nitrogen and oxygen atoms in total. The van der Waals surface area contributed by atoms with Gasteiger partial charge in [-0.25, -0.2) is 0 Å². The number of nitrogens with one attached hydrogen (secondary N) is 1. The Morgan fingerprint density at radius 1 is 1.19 bits per heavy atom. The number of hydrogen-bond acceptors (Lipinski definition) is 3. The van der Waals surface area contributed by atoms with Gasteiger partial charge in [0.1, 0.15) is 0 Å². The van der Waals surface area contributed by atoms with Crippen LogP contribution in [0.2, 0.25) is 0 Å². The Morgan fingerprint density at radius 2 is 2.00 bits per heavy atom. The molecular weight excluding hydrogens is 198 g/mol. The molecule has 1 aliphatic heterocycles. The van der Waals surface area contributed by atoms with E-state index in [4.69, 9.17) is 0 Å². The number of hydrogen-bond donors (Lipinski definition) is 1. The standard InChI is InChI=1S/C13H25N3/c1-15(12-2-3-12)9-7-14-11-6-8-16(10-11)13-4-5-13/h11-14H,2-10H2,1H3. The summed E-state index contributed by atoms with van der Waals surface area (Å²) in [5.41, 5.74) is 0. The minimum Gasteiger partial charge on any atom is -0.311 e. The van der Waals surface area contributed by atoms with E-state index >= 15 is 0 Å². The molecule has 2 aliphatic carbocycles. The lowest BCUT2D eigenvalue weighted by molar-refractivity contribution is 0.300. The average Bonchev–Trinajstić information content (AvgIpc) is 3.17.